The maximum atomic E-state index is 13.5. The van der Waals surface area contributed by atoms with E-state index in [-0.39, 0.29) is 11.8 Å². The van der Waals surface area contributed by atoms with E-state index in [0.29, 0.717) is 19.0 Å². The van der Waals surface area contributed by atoms with E-state index in [1.807, 2.05) is 23.1 Å². The second-order valence-corrected chi connectivity index (χ2v) is 7.43. The lowest BCUT2D eigenvalue weighted by atomic mass is 9.71. The summed E-state index contributed by atoms with van der Waals surface area (Å²) in [5, 5.41) is 0. The van der Waals surface area contributed by atoms with Crippen LogP contribution in [0.3, 0.4) is 0 Å². The minimum absolute atomic E-state index is 0.107. The van der Waals surface area contributed by atoms with Gasteiger partial charge in [-0.05, 0) is 37.2 Å². The zero-order valence-electron chi connectivity index (χ0n) is 14.8. The Morgan fingerprint density at radius 1 is 0.958 bits per heavy atom. The molecule has 0 aliphatic carbocycles. The lowest BCUT2D eigenvalue weighted by Crippen LogP contribution is -2.55. The quantitative estimate of drug-likeness (QED) is 0.837. The van der Waals surface area contributed by atoms with Crippen LogP contribution < -0.4 is 0 Å². The van der Waals surface area contributed by atoms with E-state index in [0.717, 1.165) is 44.3 Å². The van der Waals surface area contributed by atoms with Gasteiger partial charge in [0.05, 0.1) is 5.41 Å². The average molecular weight is 328 g/mol. The smallest absolute Gasteiger partial charge is 0.233 e. The molecule has 3 rings (SSSR count). The van der Waals surface area contributed by atoms with Crippen molar-refractivity contribution in [3.8, 4) is 0 Å². The fourth-order valence-electron chi connectivity index (χ4n) is 4.10. The van der Waals surface area contributed by atoms with E-state index < -0.39 is 5.41 Å². The van der Waals surface area contributed by atoms with Gasteiger partial charge in [0.25, 0.3) is 0 Å². The predicted octanol–water partition coefficient (Wildman–Crippen LogP) is 2.83. The number of amides is 2. The summed E-state index contributed by atoms with van der Waals surface area (Å²) in [6, 6.07) is 10.2. The van der Waals surface area contributed by atoms with Gasteiger partial charge in [-0.3, -0.25) is 9.59 Å². The van der Waals surface area contributed by atoms with Crippen LogP contribution >= 0.6 is 0 Å². The first-order chi connectivity index (χ1) is 11.5. The molecule has 24 heavy (non-hydrogen) atoms. The van der Waals surface area contributed by atoms with Crippen LogP contribution in [-0.4, -0.2) is 47.8 Å². The standard InChI is InChI=1S/C20H28N2O2/c1-16-8-12-22(13-9-16)19(24)20(18-6-4-3-5-7-18)10-14-21(15-11-20)17(2)23/h3-7,16H,8-15H2,1-2H3. The Balaban J connectivity index is 1.86. The monoisotopic (exact) mass is 328 g/mol. The number of carbonyl (C=O) groups excluding carboxylic acids is 2. The van der Waals surface area contributed by atoms with Gasteiger partial charge >= 0.3 is 0 Å². The summed E-state index contributed by atoms with van der Waals surface area (Å²) in [6.07, 6.45) is 3.63. The number of hydrogen-bond donors (Lipinski definition) is 0. The van der Waals surface area contributed by atoms with Gasteiger partial charge in [0, 0.05) is 33.1 Å². The highest BCUT2D eigenvalue weighted by atomic mass is 16.2. The Kier molecular flexibility index (Phi) is 4.93. The molecule has 0 bridgehead atoms. The van der Waals surface area contributed by atoms with Crippen LogP contribution in [0.2, 0.25) is 0 Å². The van der Waals surface area contributed by atoms with Gasteiger partial charge in [0.2, 0.25) is 11.8 Å². The van der Waals surface area contributed by atoms with E-state index in [9.17, 15) is 9.59 Å². The van der Waals surface area contributed by atoms with Gasteiger partial charge < -0.3 is 9.80 Å². The predicted molar refractivity (Wildman–Crippen MR) is 94.6 cm³/mol. The average Bonchev–Trinajstić information content (AvgIpc) is 2.62. The lowest BCUT2D eigenvalue weighted by Gasteiger charge is -2.44. The normalized spacial score (nSPS) is 21.6. The summed E-state index contributed by atoms with van der Waals surface area (Å²) < 4.78 is 0. The van der Waals surface area contributed by atoms with Gasteiger partial charge in [-0.25, -0.2) is 0 Å². The molecule has 0 radical (unpaired) electrons. The van der Waals surface area contributed by atoms with Crippen LogP contribution in [0.5, 0.6) is 0 Å². The third-order valence-electron chi connectivity index (χ3n) is 5.87. The van der Waals surface area contributed by atoms with E-state index in [2.05, 4.69) is 24.0 Å². The molecule has 2 amide bonds. The van der Waals surface area contributed by atoms with E-state index >= 15 is 0 Å². The highest BCUT2D eigenvalue weighted by molar-refractivity contribution is 5.89. The van der Waals surface area contributed by atoms with Gasteiger partial charge in [0.15, 0.2) is 0 Å². The summed E-state index contributed by atoms with van der Waals surface area (Å²) in [6.45, 7) is 6.94. The van der Waals surface area contributed by atoms with Crippen molar-refractivity contribution in [1.82, 2.24) is 9.80 Å². The van der Waals surface area contributed by atoms with Crippen LogP contribution in [0.4, 0.5) is 0 Å². The van der Waals surface area contributed by atoms with Crippen molar-refractivity contribution in [3.63, 3.8) is 0 Å². The maximum Gasteiger partial charge on any atom is 0.233 e. The SMILES string of the molecule is CC(=O)N1CCC(C(=O)N2CCC(C)CC2)(c2ccccc2)CC1. The highest BCUT2D eigenvalue weighted by Gasteiger charge is 2.45. The molecule has 2 heterocycles. The summed E-state index contributed by atoms with van der Waals surface area (Å²) >= 11 is 0. The van der Waals surface area contributed by atoms with Crippen molar-refractivity contribution in [2.75, 3.05) is 26.2 Å². The van der Waals surface area contributed by atoms with Crippen molar-refractivity contribution in [1.29, 1.82) is 0 Å². The summed E-state index contributed by atoms with van der Waals surface area (Å²) in [4.78, 5) is 29.1. The van der Waals surface area contributed by atoms with Crippen LogP contribution in [-0.2, 0) is 15.0 Å². The Hall–Kier alpha value is -1.84. The van der Waals surface area contributed by atoms with E-state index in [1.165, 1.54) is 0 Å². The highest BCUT2D eigenvalue weighted by Crippen LogP contribution is 2.38. The van der Waals surface area contributed by atoms with Gasteiger partial charge in [-0.15, -0.1) is 0 Å². The van der Waals surface area contributed by atoms with Gasteiger partial charge in [-0.2, -0.15) is 0 Å². The molecule has 2 fully saturated rings. The topological polar surface area (TPSA) is 40.6 Å². The number of likely N-dealkylation sites (tertiary alicyclic amines) is 2. The Labute approximate surface area is 144 Å². The molecule has 2 saturated heterocycles. The minimum atomic E-state index is -0.464. The Morgan fingerprint density at radius 3 is 2.08 bits per heavy atom. The van der Waals surface area contributed by atoms with Gasteiger partial charge in [0.1, 0.15) is 0 Å². The van der Waals surface area contributed by atoms with Crippen molar-refractivity contribution in [2.24, 2.45) is 5.92 Å². The van der Waals surface area contributed by atoms with Crippen LogP contribution in [0.1, 0.15) is 45.1 Å². The molecule has 0 saturated carbocycles. The fourth-order valence-corrected chi connectivity index (χ4v) is 4.10. The van der Waals surface area contributed by atoms with Crippen molar-refractivity contribution >= 4 is 11.8 Å². The van der Waals surface area contributed by atoms with E-state index in [4.69, 9.17) is 0 Å². The molecular formula is C20H28N2O2. The first kappa shape index (κ1) is 17.0. The fraction of sp³-hybridized carbons (Fsp3) is 0.600. The molecule has 0 N–H and O–H groups in total. The third-order valence-corrected chi connectivity index (χ3v) is 5.87. The maximum absolute atomic E-state index is 13.5. The van der Waals surface area contributed by atoms with Crippen LogP contribution in [0, 0.1) is 5.92 Å². The molecule has 1 aromatic carbocycles. The molecular weight excluding hydrogens is 300 g/mol. The van der Waals surface area contributed by atoms with E-state index in [1.54, 1.807) is 6.92 Å². The van der Waals surface area contributed by atoms with Crippen molar-refractivity contribution < 1.29 is 9.59 Å². The van der Waals surface area contributed by atoms with Crippen LogP contribution in [0.15, 0.2) is 30.3 Å². The lowest BCUT2D eigenvalue weighted by molar-refractivity contribution is -0.143. The largest absolute Gasteiger partial charge is 0.343 e. The number of benzene rings is 1. The molecule has 4 nitrogen and oxygen atoms in total. The van der Waals surface area contributed by atoms with Crippen LogP contribution in [0.25, 0.3) is 0 Å². The zero-order valence-corrected chi connectivity index (χ0v) is 14.8. The Morgan fingerprint density at radius 2 is 1.54 bits per heavy atom. The summed E-state index contributed by atoms with van der Waals surface area (Å²) in [7, 11) is 0. The molecule has 2 aliphatic heterocycles. The number of hydrogen-bond acceptors (Lipinski definition) is 2. The second-order valence-electron chi connectivity index (χ2n) is 7.43. The first-order valence-corrected chi connectivity index (χ1v) is 9.13. The molecule has 0 aromatic heterocycles. The zero-order chi connectivity index (χ0) is 17.2. The number of piperidine rings is 2. The number of nitrogens with zero attached hydrogens (tertiary/aromatic N) is 2. The summed E-state index contributed by atoms with van der Waals surface area (Å²) in [5.74, 6) is 1.08. The number of carbonyl (C=O) groups is 2. The third kappa shape index (κ3) is 3.19. The molecule has 2 aliphatic rings. The number of rotatable bonds is 2. The molecule has 0 unspecified atom stereocenters. The Bertz CT molecular complexity index is 583. The molecule has 0 atom stereocenters. The molecule has 130 valence electrons. The second kappa shape index (κ2) is 6.96. The molecule has 0 spiro atoms. The van der Waals surface area contributed by atoms with Crippen molar-refractivity contribution in [2.45, 2.75) is 44.9 Å². The van der Waals surface area contributed by atoms with Crippen molar-refractivity contribution in [3.05, 3.63) is 35.9 Å². The molecule has 4 heteroatoms. The minimum Gasteiger partial charge on any atom is -0.343 e. The van der Waals surface area contributed by atoms with Gasteiger partial charge in [-0.1, -0.05) is 37.3 Å². The summed E-state index contributed by atoms with van der Waals surface area (Å²) in [5.41, 5.74) is 0.644. The first-order valence-electron chi connectivity index (χ1n) is 9.13. The molecule has 1 aromatic rings.